The molecule has 1 saturated carbocycles. The van der Waals surface area contributed by atoms with Gasteiger partial charge in [-0.1, -0.05) is 32.9 Å². The summed E-state index contributed by atoms with van der Waals surface area (Å²) in [4.78, 5) is 19.5. The average Bonchev–Trinajstić information content (AvgIpc) is 2.75. The quantitative estimate of drug-likeness (QED) is 0.838. The molecular weight excluding hydrogens is 320 g/mol. The molecule has 2 aliphatic rings. The van der Waals surface area contributed by atoms with Gasteiger partial charge in [-0.3, -0.25) is 9.69 Å². The van der Waals surface area contributed by atoms with Crippen molar-refractivity contribution in [1.82, 2.24) is 9.88 Å². The predicted octanol–water partition coefficient (Wildman–Crippen LogP) is 4.85. The Labute approximate surface area is 156 Å². The second-order valence-electron chi connectivity index (χ2n) is 10.1. The molecule has 0 spiro atoms. The summed E-state index contributed by atoms with van der Waals surface area (Å²) >= 11 is 0. The average molecular weight is 353 g/mol. The molecule has 3 heteroatoms. The normalized spacial score (nSPS) is 28.0. The molecule has 140 valence electrons. The number of aromatic amines is 1. The molecule has 0 radical (unpaired) electrons. The van der Waals surface area contributed by atoms with Crippen LogP contribution in [0.4, 0.5) is 0 Å². The molecule has 4 rings (SSSR count). The van der Waals surface area contributed by atoms with Gasteiger partial charge in [0.1, 0.15) is 0 Å². The third-order valence-corrected chi connectivity index (χ3v) is 6.77. The van der Waals surface area contributed by atoms with Gasteiger partial charge in [0.05, 0.1) is 5.52 Å². The second kappa shape index (κ2) is 5.69. The van der Waals surface area contributed by atoms with Gasteiger partial charge >= 0.3 is 0 Å². The lowest BCUT2D eigenvalue weighted by molar-refractivity contribution is 0.126. The molecule has 1 N–H and O–H groups in total. The third kappa shape index (κ3) is 2.81. The highest BCUT2D eigenvalue weighted by Crippen LogP contribution is 2.52. The Hall–Kier alpha value is -1.61. The lowest BCUT2D eigenvalue weighted by Gasteiger charge is -2.40. The van der Waals surface area contributed by atoms with Crippen molar-refractivity contribution in [3.63, 3.8) is 0 Å². The van der Waals surface area contributed by atoms with E-state index in [1.807, 2.05) is 6.92 Å². The molecule has 0 unspecified atom stereocenters. The maximum absolute atomic E-state index is 13.4. The van der Waals surface area contributed by atoms with E-state index in [0.29, 0.717) is 16.9 Å². The van der Waals surface area contributed by atoms with Gasteiger partial charge in [0.2, 0.25) is 0 Å². The highest BCUT2D eigenvalue weighted by Gasteiger charge is 2.49. The Balaban J connectivity index is 1.75. The van der Waals surface area contributed by atoms with Gasteiger partial charge in [-0.2, -0.15) is 0 Å². The van der Waals surface area contributed by atoms with Crippen molar-refractivity contribution >= 4 is 10.9 Å². The Kier molecular flexibility index (Phi) is 3.89. The molecule has 2 bridgehead atoms. The number of aryl methyl sites for hydroxylation is 3. The summed E-state index contributed by atoms with van der Waals surface area (Å²) in [5.74, 6) is 0. The van der Waals surface area contributed by atoms with Crippen LogP contribution in [0.1, 0.15) is 62.4 Å². The summed E-state index contributed by atoms with van der Waals surface area (Å²) in [6.45, 7) is 15.3. The summed E-state index contributed by atoms with van der Waals surface area (Å²) in [5.41, 5.74) is 6.24. The maximum Gasteiger partial charge on any atom is 0.194 e. The van der Waals surface area contributed by atoms with Crippen LogP contribution in [0.5, 0.6) is 0 Å². The topological polar surface area (TPSA) is 36.1 Å². The Morgan fingerprint density at radius 3 is 2.54 bits per heavy atom. The minimum Gasteiger partial charge on any atom is -0.358 e. The smallest absolute Gasteiger partial charge is 0.194 e. The number of rotatable bonds is 2. The number of H-pyrrole nitrogens is 1. The van der Waals surface area contributed by atoms with Crippen LogP contribution in [0.2, 0.25) is 0 Å². The van der Waals surface area contributed by atoms with Gasteiger partial charge in [-0.05, 0) is 62.0 Å². The first-order chi connectivity index (χ1) is 12.1. The second-order valence-corrected chi connectivity index (χ2v) is 10.1. The van der Waals surface area contributed by atoms with Crippen molar-refractivity contribution in [3.05, 3.63) is 44.7 Å². The molecule has 1 aromatic carbocycles. The van der Waals surface area contributed by atoms with E-state index >= 15 is 0 Å². The summed E-state index contributed by atoms with van der Waals surface area (Å²) < 4.78 is 0. The summed E-state index contributed by atoms with van der Waals surface area (Å²) in [6, 6.07) is 4.77. The van der Waals surface area contributed by atoms with Crippen molar-refractivity contribution in [1.29, 1.82) is 0 Å². The molecule has 1 aliphatic heterocycles. The molecule has 2 heterocycles. The van der Waals surface area contributed by atoms with Gasteiger partial charge in [-0.15, -0.1) is 0 Å². The van der Waals surface area contributed by atoms with E-state index in [0.717, 1.165) is 46.4 Å². The zero-order chi connectivity index (χ0) is 18.9. The fraction of sp³-hybridized carbons (Fsp3) is 0.609. The SMILES string of the molecule is Cc1[nH]c2c(C)ccc(C)c2c(=O)c1CN1C[C@@]2(C)C[C@H]1CC(C)(C)C2. The fourth-order valence-electron chi connectivity index (χ4n) is 6.00. The lowest BCUT2D eigenvalue weighted by Crippen LogP contribution is -2.35. The zero-order valence-corrected chi connectivity index (χ0v) is 17.1. The van der Waals surface area contributed by atoms with Crippen LogP contribution in [0, 0.1) is 31.6 Å². The number of fused-ring (bicyclic) bond motifs is 3. The van der Waals surface area contributed by atoms with Gasteiger partial charge < -0.3 is 4.98 Å². The Morgan fingerprint density at radius 2 is 1.81 bits per heavy atom. The highest BCUT2D eigenvalue weighted by molar-refractivity contribution is 5.85. The first-order valence-corrected chi connectivity index (χ1v) is 9.94. The molecule has 1 aliphatic carbocycles. The Bertz CT molecular complexity index is 939. The highest BCUT2D eigenvalue weighted by atomic mass is 16.1. The van der Waals surface area contributed by atoms with Crippen molar-refractivity contribution in [2.75, 3.05) is 6.54 Å². The van der Waals surface area contributed by atoms with Crippen LogP contribution < -0.4 is 5.43 Å². The predicted molar refractivity (Wildman–Crippen MR) is 109 cm³/mol. The molecule has 2 atom stereocenters. The van der Waals surface area contributed by atoms with Crippen LogP contribution in [-0.2, 0) is 6.54 Å². The minimum atomic E-state index is 0.225. The van der Waals surface area contributed by atoms with Gasteiger partial charge in [-0.25, -0.2) is 0 Å². The molecule has 3 nitrogen and oxygen atoms in total. The number of nitrogens with one attached hydrogen (secondary N) is 1. The van der Waals surface area contributed by atoms with Crippen LogP contribution in [0.15, 0.2) is 16.9 Å². The van der Waals surface area contributed by atoms with E-state index in [9.17, 15) is 4.79 Å². The maximum atomic E-state index is 13.4. The Morgan fingerprint density at radius 1 is 1.12 bits per heavy atom. The van der Waals surface area contributed by atoms with E-state index in [4.69, 9.17) is 0 Å². The number of hydrogen-bond acceptors (Lipinski definition) is 2. The van der Waals surface area contributed by atoms with Crippen molar-refractivity contribution in [3.8, 4) is 0 Å². The molecule has 0 amide bonds. The molecule has 1 saturated heterocycles. The van der Waals surface area contributed by atoms with Crippen LogP contribution in [-0.4, -0.2) is 22.5 Å². The fourth-order valence-corrected chi connectivity index (χ4v) is 6.00. The van der Waals surface area contributed by atoms with Crippen LogP contribution in [0.25, 0.3) is 10.9 Å². The molecular formula is C23H32N2O. The van der Waals surface area contributed by atoms with Crippen molar-refractivity contribution < 1.29 is 0 Å². The molecule has 1 aromatic heterocycles. The molecule has 2 aromatic rings. The van der Waals surface area contributed by atoms with Crippen molar-refractivity contribution in [2.45, 2.75) is 73.4 Å². The summed E-state index contributed by atoms with van der Waals surface area (Å²) in [7, 11) is 0. The molecule has 2 fully saturated rings. The number of hydrogen-bond donors (Lipinski definition) is 1. The van der Waals surface area contributed by atoms with E-state index in [2.05, 4.69) is 56.6 Å². The van der Waals surface area contributed by atoms with Crippen molar-refractivity contribution in [2.24, 2.45) is 10.8 Å². The number of likely N-dealkylation sites (tertiary alicyclic amines) is 1. The van der Waals surface area contributed by atoms with E-state index in [-0.39, 0.29) is 5.43 Å². The zero-order valence-electron chi connectivity index (χ0n) is 17.1. The monoisotopic (exact) mass is 352 g/mol. The number of nitrogens with zero attached hydrogens (tertiary/aromatic N) is 1. The van der Waals surface area contributed by atoms with Crippen LogP contribution >= 0.6 is 0 Å². The first-order valence-electron chi connectivity index (χ1n) is 9.94. The first kappa shape index (κ1) is 17.8. The lowest BCUT2D eigenvalue weighted by atomic mass is 9.65. The largest absolute Gasteiger partial charge is 0.358 e. The number of aromatic nitrogens is 1. The third-order valence-electron chi connectivity index (χ3n) is 6.77. The van der Waals surface area contributed by atoms with Gasteiger partial charge in [0.15, 0.2) is 5.43 Å². The van der Waals surface area contributed by atoms with E-state index in [1.54, 1.807) is 0 Å². The van der Waals surface area contributed by atoms with Gasteiger partial charge in [0, 0.05) is 35.8 Å². The minimum absolute atomic E-state index is 0.225. The molecule has 26 heavy (non-hydrogen) atoms. The summed E-state index contributed by atoms with van der Waals surface area (Å²) in [5, 5.41) is 0.874. The number of pyridine rings is 1. The van der Waals surface area contributed by atoms with Gasteiger partial charge in [0.25, 0.3) is 0 Å². The van der Waals surface area contributed by atoms with Crippen LogP contribution in [0.3, 0.4) is 0 Å². The van der Waals surface area contributed by atoms with E-state index in [1.165, 1.54) is 19.3 Å². The number of benzene rings is 1. The van der Waals surface area contributed by atoms with E-state index < -0.39 is 0 Å². The summed E-state index contributed by atoms with van der Waals surface area (Å²) in [6.07, 6.45) is 3.81. The standard InChI is InChI=1S/C23H32N2O/c1-14-7-8-15(2)20-19(14)21(26)18(16(3)24-20)11-25-13-23(6)10-17(25)9-22(4,5)12-23/h7-8,17H,9-13H2,1-6H3,(H,24,26)/t17-,23+/m1/s1.